The highest BCUT2D eigenvalue weighted by molar-refractivity contribution is 7.99. The molecular formula is C11H16N2O2S. The SMILES string of the molecule is CCSCC(C)NC(=O)c1ccncc1O. The van der Waals surface area contributed by atoms with Crippen LogP contribution in [-0.2, 0) is 0 Å². The van der Waals surface area contributed by atoms with Gasteiger partial charge in [-0.3, -0.25) is 9.78 Å². The second-order valence-electron chi connectivity index (χ2n) is 3.43. The van der Waals surface area contributed by atoms with Crippen LogP contribution in [0.1, 0.15) is 24.2 Å². The Bertz CT molecular complexity index is 358. The molecule has 0 aliphatic rings. The highest BCUT2D eigenvalue weighted by Gasteiger charge is 2.12. The van der Waals surface area contributed by atoms with Crippen molar-refractivity contribution in [1.29, 1.82) is 0 Å². The topological polar surface area (TPSA) is 62.2 Å². The summed E-state index contributed by atoms with van der Waals surface area (Å²) in [5, 5.41) is 12.3. The van der Waals surface area contributed by atoms with Crippen molar-refractivity contribution in [2.75, 3.05) is 11.5 Å². The molecule has 1 heterocycles. The van der Waals surface area contributed by atoms with Gasteiger partial charge in [-0.15, -0.1) is 0 Å². The molecule has 1 atom stereocenters. The monoisotopic (exact) mass is 240 g/mol. The van der Waals surface area contributed by atoms with Gasteiger partial charge in [-0.1, -0.05) is 6.92 Å². The number of nitrogens with one attached hydrogen (secondary N) is 1. The van der Waals surface area contributed by atoms with Crippen LogP contribution in [0.5, 0.6) is 5.75 Å². The van der Waals surface area contributed by atoms with Crippen LogP contribution >= 0.6 is 11.8 Å². The first-order valence-electron chi connectivity index (χ1n) is 5.16. The summed E-state index contributed by atoms with van der Waals surface area (Å²) in [5.74, 6) is 1.55. The molecule has 1 aromatic heterocycles. The number of rotatable bonds is 5. The molecule has 0 saturated heterocycles. The van der Waals surface area contributed by atoms with Crippen molar-refractivity contribution in [2.45, 2.75) is 19.9 Å². The lowest BCUT2D eigenvalue weighted by atomic mass is 10.2. The first-order chi connectivity index (χ1) is 7.65. The molecule has 16 heavy (non-hydrogen) atoms. The molecule has 0 spiro atoms. The van der Waals surface area contributed by atoms with Crippen LogP contribution in [0, 0.1) is 0 Å². The smallest absolute Gasteiger partial charge is 0.255 e. The lowest BCUT2D eigenvalue weighted by Crippen LogP contribution is -2.34. The summed E-state index contributed by atoms with van der Waals surface area (Å²) in [6.07, 6.45) is 2.75. The Morgan fingerprint density at radius 3 is 3.06 bits per heavy atom. The van der Waals surface area contributed by atoms with Crippen molar-refractivity contribution < 1.29 is 9.90 Å². The van der Waals surface area contributed by atoms with E-state index in [9.17, 15) is 9.90 Å². The number of hydrogen-bond donors (Lipinski definition) is 2. The van der Waals surface area contributed by atoms with Crippen LogP contribution in [0.25, 0.3) is 0 Å². The van der Waals surface area contributed by atoms with Gasteiger partial charge in [-0.05, 0) is 18.7 Å². The van der Waals surface area contributed by atoms with Crippen molar-refractivity contribution >= 4 is 17.7 Å². The maximum atomic E-state index is 11.7. The zero-order valence-electron chi connectivity index (χ0n) is 9.43. The molecular weight excluding hydrogens is 224 g/mol. The molecule has 0 bridgehead atoms. The summed E-state index contributed by atoms with van der Waals surface area (Å²) in [6.45, 7) is 4.02. The van der Waals surface area contributed by atoms with Crippen molar-refractivity contribution in [3.05, 3.63) is 24.0 Å². The molecule has 1 rings (SSSR count). The number of nitrogens with zero attached hydrogens (tertiary/aromatic N) is 1. The Labute approximate surface area is 99.5 Å². The van der Waals surface area contributed by atoms with E-state index >= 15 is 0 Å². The quantitative estimate of drug-likeness (QED) is 0.821. The second kappa shape index (κ2) is 6.37. The van der Waals surface area contributed by atoms with Gasteiger partial charge in [0.05, 0.1) is 11.8 Å². The highest BCUT2D eigenvalue weighted by Crippen LogP contribution is 2.13. The first kappa shape index (κ1) is 12.8. The number of carbonyl (C=O) groups excluding carboxylic acids is 1. The van der Waals surface area contributed by atoms with Crippen molar-refractivity contribution in [1.82, 2.24) is 10.3 Å². The first-order valence-corrected chi connectivity index (χ1v) is 6.32. The standard InChI is InChI=1S/C11H16N2O2S/c1-3-16-7-8(2)13-11(15)9-4-5-12-6-10(9)14/h4-6,8,14H,3,7H2,1-2H3,(H,13,15). The third-order valence-corrected chi connectivity index (χ3v) is 3.14. The van der Waals surface area contributed by atoms with Gasteiger partial charge in [0.1, 0.15) is 5.75 Å². The fourth-order valence-electron chi connectivity index (χ4n) is 1.22. The molecule has 0 saturated carbocycles. The fraction of sp³-hybridized carbons (Fsp3) is 0.455. The summed E-state index contributed by atoms with van der Waals surface area (Å²) in [6, 6.07) is 1.59. The largest absolute Gasteiger partial charge is 0.505 e. The molecule has 0 aromatic carbocycles. The van der Waals surface area contributed by atoms with E-state index in [2.05, 4.69) is 17.2 Å². The molecule has 2 N–H and O–H groups in total. The lowest BCUT2D eigenvalue weighted by Gasteiger charge is -2.13. The summed E-state index contributed by atoms with van der Waals surface area (Å²) in [5.41, 5.74) is 0.267. The average molecular weight is 240 g/mol. The molecule has 4 nitrogen and oxygen atoms in total. The number of thioether (sulfide) groups is 1. The summed E-state index contributed by atoms with van der Waals surface area (Å²) >= 11 is 1.77. The Morgan fingerprint density at radius 2 is 2.44 bits per heavy atom. The van der Waals surface area contributed by atoms with E-state index in [-0.39, 0.29) is 23.3 Å². The number of carbonyl (C=O) groups is 1. The molecule has 0 aliphatic heterocycles. The van der Waals surface area contributed by atoms with Gasteiger partial charge < -0.3 is 10.4 Å². The molecule has 1 aromatic rings. The third-order valence-electron chi connectivity index (χ3n) is 1.99. The summed E-state index contributed by atoms with van der Waals surface area (Å²) in [7, 11) is 0. The number of aromatic nitrogens is 1. The van der Waals surface area contributed by atoms with Crippen LogP contribution in [0.4, 0.5) is 0 Å². The Hall–Kier alpha value is -1.23. The van der Waals surface area contributed by atoms with E-state index in [0.717, 1.165) is 11.5 Å². The van der Waals surface area contributed by atoms with Crippen LogP contribution in [0.3, 0.4) is 0 Å². The third kappa shape index (κ3) is 3.73. The predicted octanol–water partition coefficient (Wildman–Crippen LogP) is 1.66. The van der Waals surface area contributed by atoms with Gasteiger partial charge in [0.25, 0.3) is 5.91 Å². The zero-order valence-corrected chi connectivity index (χ0v) is 10.3. The second-order valence-corrected chi connectivity index (χ2v) is 4.75. The van der Waals surface area contributed by atoms with Gasteiger partial charge in [-0.25, -0.2) is 0 Å². The number of aromatic hydroxyl groups is 1. The number of hydrogen-bond acceptors (Lipinski definition) is 4. The predicted molar refractivity (Wildman–Crippen MR) is 65.8 cm³/mol. The normalized spacial score (nSPS) is 12.1. The molecule has 88 valence electrons. The van der Waals surface area contributed by atoms with E-state index in [1.54, 1.807) is 11.8 Å². The van der Waals surface area contributed by atoms with Gasteiger partial charge in [0.2, 0.25) is 0 Å². The van der Waals surface area contributed by atoms with Gasteiger partial charge in [0.15, 0.2) is 0 Å². The van der Waals surface area contributed by atoms with Gasteiger partial charge in [-0.2, -0.15) is 11.8 Å². The summed E-state index contributed by atoms with van der Waals surface area (Å²) in [4.78, 5) is 15.5. The molecule has 0 fully saturated rings. The van der Waals surface area contributed by atoms with E-state index in [0.29, 0.717) is 0 Å². The van der Waals surface area contributed by atoms with Gasteiger partial charge in [0, 0.05) is 18.0 Å². The van der Waals surface area contributed by atoms with E-state index in [4.69, 9.17) is 0 Å². The minimum Gasteiger partial charge on any atom is -0.505 e. The molecule has 5 heteroatoms. The van der Waals surface area contributed by atoms with Gasteiger partial charge >= 0.3 is 0 Å². The van der Waals surface area contributed by atoms with Crippen LogP contribution < -0.4 is 5.32 Å². The minimum atomic E-state index is -0.260. The number of amides is 1. The molecule has 0 radical (unpaired) electrons. The minimum absolute atomic E-state index is 0.0876. The number of pyridine rings is 1. The highest BCUT2D eigenvalue weighted by atomic mass is 32.2. The van der Waals surface area contributed by atoms with Crippen molar-refractivity contribution in [2.24, 2.45) is 0 Å². The van der Waals surface area contributed by atoms with Crippen LogP contribution in [0.2, 0.25) is 0 Å². The van der Waals surface area contributed by atoms with E-state index in [1.165, 1.54) is 18.5 Å². The average Bonchev–Trinajstić information content (AvgIpc) is 2.26. The van der Waals surface area contributed by atoms with Crippen LogP contribution in [0.15, 0.2) is 18.5 Å². The maximum Gasteiger partial charge on any atom is 0.255 e. The molecule has 1 unspecified atom stereocenters. The summed E-state index contributed by atoms with van der Waals surface area (Å²) < 4.78 is 0. The maximum absolute atomic E-state index is 11.7. The Morgan fingerprint density at radius 1 is 1.69 bits per heavy atom. The molecule has 1 amide bonds. The lowest BCUT2D eigenvalue weighted by molar-refractivity contribution is 0.0941. The van der Waals surface area contributed by atoms with E-state index in [1.807, 2.05) is 6.92 Å². The fourth-order valence-corrected chi connectivity index (χ4v) is 1.89. The van der Waals surface area contributed by atoms with Crippen molar-refractivity contribution in [3.63, 3.8) is 0 Å². The zero-order chi connectivity index (χ0) is 12.0. The van der Waals surface area contributed by atoms with E-state index < -0.39 is 0 Å². The molecule has 0 aliphatic carbocycles. The Balaban J connectivity index is 2.56. The van der Waals surface area contributed by atoms with Crippen LogP contribution in [-0.4, -0.2) is 33.5 Å². The van der Waals surface area contributed by atoms with Crippen molar-refractivity contribution in [3.8, 4) is 5.75 Å². The Kier molecular flexibility index (Phi) is 5.11.